The van der Waals surface area contributed by atoms with Gasteiger partial charge in [0.2, 0.25) is 0 Å². The second kappa shape index (κ2) is 3.38. The molecular formula is C8H11IN2. The van der Waals surface area contributed by atoms with Crippen LogP contribution in [0, 0.1) is 10.5 Å². The maximum Gasteiger partial charge on any atom is 0.141 e. The zero-order valence-corrected chi connectivity index (χ0v) is 9.08. The smallest absolute Gasteiger partial charge is 0.141 e. The zero-order valence-electron chi connectivity index (χ0n) is 6.93. The predicted molar refractivity (Wildman–Crippen MR) is 56.0 cm³/mol. The van der Waals surface area contributed by atoms with E-state index in [2.05, 4.69) is 34.5 Å². The van der Waals surface area contributed by atoms with Gasteiger partial charge in [-0.25, -0.2) is 4.98 Å². The topological polar surface area (TPSA) is 16.1 Å². The normalized spacial score (nSPS) is 9.82. The van der Waals surface area contributed by atoms with E-state index in [1.807, 2.05) is 31.3 Å². The Labute approximate surface area is 80.8 Å². The van der Waals surface area contributed by atoms with Crippen LogP contribution < -0.4 is 4.90 Å². The Bertz CT molecular complexity index is 258. The third kappa shape index (κ3) is 1.83. The summed E-state index contributed by atoms with van der Waals surface area (Å²) in [6.07, 6.45) is 1.84. The summed E-state index contributed by atoms with van der Waals surface area (Å²) in [7, 11) is 4.01. The Morgan fingerprint density at radius 3 is 2.55 bits per heavy atom. The molecule has 0 aliphatic rings. The van der Waals surface area contributed by atoms with Crippen molar-refractivity contribution in [1.82, 2.24) is 4.98 Å². The van der Waals surface area contributed by atoms with Gasteiger partial charge in [-0.15, -0.1) is 0 Å². The Kier molecular flexibility index (Phi) is 2.70. The number of aromatic nitrogens is 1. The van der Waals surface area contributed by atoms with E-state index in [-0.39, 0.29) is 0 Å². The Morgan fingerprint density at radius 1 is 1.45 bits per heavy atom. The summed E-state index contributed by atoms with van der Waals surface area (Å²) in [5, 5.41) is 0. The first kappa shape index (κ1) is 8.77. The molecule has 0 spiro atoms. The van der Waals surface area contributed by atoms with Gasteiger partial charge < -0.3 is 4.90 Å². The van der Waals surface area contributed by atoms with E-state index < -0.39 is 0 Å². The molecule has 0 N–H and O–H groups in total. The second-order valence-corrected chi connectivity index (χ2v) is 3.74. The van der Waals surface area contributed by atoms with Gasteiger partial charge in [0.15, 0.2) is 0 Å². The molecule has 1 rings (SSSR count). The number of hydrogen-bond donors (Lipinski definition) is 0. The highest BCUT2D eigenvalue weighted by Crippen LogP contribution is 2.20. The molecular weight excluding hydrogens is 251 g/mol. The average Bonchev–Trinajstić information content (AvgIpc) is 1.94. The first-order valence-electron chi connectivity index (χ1n) is 3.41. The highest BCUT2D eigenvalue weighted by Gasteiger charge is 2.03. The number of anilines is 1. The number of pyridine rings is 1. The Balaban J connectivity index is 3.17. The third-order valence-corrected chi connectivity index (χ3v) is 2.82. The van der Waals surface area contributed by atoms with Gasteiger partial charge in [-0.2, -0.15) is 0 Å². The van der Waals surface area contributed by atoms with Crippen LogP contribution in [0.4, 0.5) is 5.82 Å². The highest BCUT2D eigenvalue weighted by atomic mass is 127. The fraction of sp³-hybridized carbons (Fsp3) is 0.375. The van der Waals surface area contributed by atoms with Crippen molar-refractivity contribution in [2.45, 2.75) is 6.92 Å². The van der Waals surface area contributed by atoms with Gasteiger partial charge in [-0.3, -0.25) is 0 Å². The molecule has 0 aliphatic carbocycles. The molecule has 0 saturated carbocycles. The van der Waals surface area contributed by atoms with Gasteiger partial charge in [0.1, 0.15) is 5.82 Å². The molecule has 60 valence electrons. The number of nitrogens with zero attached hydrogens (tertiary/aromatic N) is 2. The molecule has 0 fully saturated rings. The second-order valence-electron chi connectivity index (χ2n) is 2.66. The highest BCUT2D eigenvalue weighted by molar-refractivity contribution is 14.1. The summed E-state index contributed by atoms with van der Waals surface area (Å²) in [6, 6.07) is 2.02. The van der Waals surface area contributed by atoms with E-state index in [0.29, 0.717) is 0 Å². The van der Waals surface area contributed by atoms with Crippen LogP contribution in [0.2, 0.25) is 0 Å². The van der Waals surface area contributed by atoms with Crippen molar-refractivity contribution in [3.8, 4) is 0 Å². The van der Waals surface area contributed by atoms with Crippen LogP contribution in [-0.4, -0.2) is 19.1 Å². The fourth-order valence-corrected chi connectivity index (χ4v) is 1.64. The van der Waals surface area contributed by atoms with Crippen molar-refractivity contribution in [2.75, 3.05) is 19.0 Å². The molecule has 1 aromatic heterocycles. The molecule has 0 amide bonds. The minimum Gasteiger partial charge on any atom is -0.362 e. The lowest BCUT2D eigenvalue weighted by Gasteiger charge is -2.13. The molecule has 0 bridgehead atoms. The molecule has 1 heterocycles. The van der Waals surface area contributed by atoms with E-state index in [0.717, 1.165) is 5.82 Å². The molecule has 0 aliphatic heterocycles. The molecule has 0 radical (unpaired) electrons. The van der Waals surface area contributed by atoms with Crippen LogP contribution in [0.3, 0.4) is 0 Å². The molecule has 0 atom stereocenters. The van der Waals surface area contributed by atoms with Gasteiger partial charge in [0.05, 0.1) is 3.57 Å². The van der Waals surface area contributed by atoms with Crippen LogP contribution in [0.5, 0.6) is 0 Å². The summed E-state index contributed by atoms with van der Waals surface area (Å²) in [4.78, 5) is 6.28. The molecule has 0 unspecified atom stereocenters. The predicted octanol–water partition coefficient (Wildman–Crippen LogP) is 2.06. The van der Waals surface area contributed by atoms with Crippen molar-refractivity contribution in [3.63, 3.8) is 0 Å². The van der Waals surface area contributed by atoms with E-state index in [1.54, 1.807) is 0 Å². The Morgan fingerprint density at radius 2 is 2.09 bits per heavy atom. The summed E-state index contributed by atoms with van der Waals surface area (Å²) in [6.45, 7) is 2.09. The van der Waals surface area contributed by atoms with E-state index in [4.69, 9.17) is 0 Å². The number of hydrogen-bond acceptors (Lipinski definition) is 2. The molecule has 3 heteroatoms. The lowest BCUT2D eigenvalue weighted by molar-refractivity contribution is 1.05. The minimum absolute atomic E-state index is 1.05. The van der Waals surface area contributed by atoms with E-state index in [9.17, 15) is 0 Å². The molecule has 1 aromatic rings. The number of aryl methyl sites for hydroxylation is 1. The Hall–Kier alpha value is -0.320. The number of halogens is 1. The monoisotopic (exact) mass is 262 g/mol. The maximum atomic E-state index is 4.26. The van der Waals surface area contributed by atoms with E-state index >= 15 is 0 Å². The zero-order chi connectivity index (χ0) is 8.43. The van der Waals surface area contributed by atoms with Crippen LogP contribution in [0.1, 0.15) is 5.56 Å². The van der Waals surface area contributed by atoms with Crippen molar-refractivity contribution in [1.29, 1.82) is 0 Å². The van der Waals surface area contributed by atoms with Gasteiger partial charge in [-0.1, -0.05) is 0 Å². The summed E-state index contributed by atoms with van der Waals surface area (Å²) < 4.78 is 1.23. The van der Waals surface area contributed by atoms with Crippen LogP contribution in [-0.2, 0) is 0 Å². The van der Waals surface area contributed by atoms with Gasteiger partial charge in [0, 0.05) is 20.3 Å². The summed E-state index contributed by atoms with van der Waals surface area (Å²) in [5.41, 5.74) is 1.28. The van der Waals surface area contributed by atoms with Gasteiger partial charge in [0.25, 0.3) is 0 Å². The standard InChI is InChI=1S/C8H11IN2/c1-6-4-5-10-8(7(6)9)11(2)3/h4-5H,1-3H3. The fourth-order valence-electron chi connectivity index (χ4n) is 0.838. The average molecular weight is 262 g/mol. The van der Waals surface area contributed by atoms with Crippen molar-refractivity contribution in [3.05, 3.63) is 21.4 Å². The van der Waals surface area contributed by atoms with Crippen LogP contribution >= 0.6 is 22.6 Å². The minimum atomic E-state index is 1.05. The van der Waals surface area contributed by atoms with Crippen LogP contribution in [0.15, 0.2) is 12.3 Å². The summed E-state index contributed by atoms with van der Waals surface area (Å²) >= 11 is 2.32. The molecule has 2 nitrogen and oxygen atoms in total. The number of rotatable bonds is 1. The first-order chi connectivity index (χ1) is 5.13. The van der Waals surface area contributed by atoms with Crippen molar-refractivity contribution < 1.29 is 0 Å². The van der Waals surface area contributed by atoms with E-state index in [1.165, 1.54) is 9.13 Å². The largest absolute Gasteiger partial charge is 0.362 e. The first-order valence-corrected chi connectivity index (χ1v) is 4.49. The molecule has 0 aromatic carbocycles. The summed E-state index contributed by atoms with van der Waals surface area (Å²) in [5.74, 6) is 1.05. The van der Waals surface area contributed by atoms with Crippen molar-refractivity contribution in [2.24, 2.45) is 0 Å². The SMILES string of the molecule is Cc1ccnc(N(C)C)c1I. The quantitative estimate of drug-likeness (QED) is 0.720. The molecule has 0 saturated heterocycles. The van der Waals surface area contributed by atoms with Crippen LogP contribution in [0.25, 0.3) is 0 Å². The maximum absolute atomic E-state index is 4.26. The molecule has 11 heavy (non-hydrogen) atoms. The third-order valence-electron chi connectivity index (χ3n) is 1.49. The lowest BCUT2D eigenvalue weighted by Crippen LogP contribution is -2.12. The van der Waals surface area contributed by atoms with Gasteiger partial charge in [-0.05, 0) is 41.1 Å². The van der Waals surface area contributed by atoms with Gasteiger partial charge >= 0.3 is 0 Å². The van der Waals surface area contributed by atoms with Crippen molar-refractivity contribution >= 4 is 28.4 Å². The lowest BCUT2D eigenvalue weighted by atomic mass is 10.3.